The third-order valence-electron chi connectivity index (χ3n) is 7.58. The molecule has 1 fully saturated rings. The molecule has 9 nitrogen and oxygen atoms in total. The summed E-state index contributed by atoms with van der Waals surface area (Å²) in [5.41, 5.74) is 2.97. The summed E-state index contributed by atoms with van der Waals surface area (Å²) in [6.45, 7) is 4.55. The van der Waals surface area contributed by atoms with Gasteiger partial charge in [-0.15, -0.1) is 0 Å². The van der Waals surface area contributed by atoms with Gasteiger partial charge in [0.1, 0.15) is 0 Å². The van der Waals surface area contributed by atoms with Crippen LogP contribution in [0.15, 0.2) is 30.5 Å². The average molecular weight is 511 g/mol. The summed E-state index contributed by atoms with van der Waals surface area (Å²) in [5.74, 6) is -1.44. The summed E-state index contributed by atoms with van der Waals surface area (Å²) in [6, 6.07) is 6.75. The first-order chi connectivity index (χ1) is 17.7. The quantitative estimate of drug-likeness (QED) is 0.353. The minimum atomic E-state index is -1.26. The molecule has 1 aromatic carbocycles. The van der Waals surface area contributed by atoms with Gasteiger partial charge in [-0.05, 0) is 43.4 Å². The van der Waals surface area contributed by atoms with Crippen LogP contribution in [0.25, 0.3) is 27.8 Å². The highest BCUT2D eigenvalue weighted by Gasteiger charge is 2.49. The van der Waals surface area contributed by atoms with Gasteiger partial charge in [-0.1, -0.05) is 13.8 Å². The van der Waals surface area contributed by atoms with Crippen molar-refractivity contribution in [2.24, 2.45) is 0 Å². The van der Waals surface area contributed by atoms with Crippen molar-refractivity contribution in [1.29, 1.82) is 0 Å². The second kappa shape index (κ2) is 9.11. The van der Waals surface area contributed by atoms with E-state index in [0.29, 0.717) is 37.2 Å². The molecule has 1 aliphatic carbocycles. The van der Waals surface area contributed by atoms with E-state index in [-0.39, 0.29) is 11.7 Å². The number of H-pyrrole nitrogens is 1. The van der Waals surface area contributed by atoms with E-state index >= 15 is 0 Å². The second-order valence-electron chi connectivity index (χ2n) is 10.3. The molecule has 2 atom stereocenters. The van der Waals surface area contributed by atoms with Crippen LogP contribution in [0.4, 0.5) is 4.39 Å². The Morgan fingerprint density at radius 1 is 1.30 bits per heavy atom. The van der Waals surface area contributed by atoms with Crippen LogP contribution in [-0.2, 0) is 19.7 Å². The zero-order valence-corrected chi connectivity index (χ0v) is 21.6. The number of nitrogens with one attached hydrogen (secondary N) is 1. The Morgan fingerprint density at radius 3 is 2.73 bits per heavy atom. The molecule has 0 radical (unpaired) electrons. The largest absolute Gasteiger partial charge is 0.494 e. The first kappa shape index (κ1) is 25.2. The maximum absolute atomic E-state index is 14.4. The Kier molecular flexibility index (Phi) is 6.19. The van der Waals surface area contributed by atoms with Crippen molar-refractivity contribution in [3.8, 4) is 11.4 Å². The molecule has 1 unspecified atom stereocenters. The number of aromatic amines is 1. The van der Waals surface area contributed by atoms with E-state index < -0.39 is 22.8 Å². The molecule has 1 aliphatic rings. The smallest absolute Gasteiger partial charge is 0.335 e. The first-order valence-corrected chi connectivity index (χ1v) is 12.2. The van der Waals surface area contributed by atoms with Gasteiger partial charge >= 0.3 is 5.97 Å². The maximum atomic E-state index is 14.4. The van der Waals surface area contributed by atoms with Gasteiger partial charge in [0.25, 0.3) is 0 Å². The van der Waals surface area contributed by atoms with Crippen LogP contribution in [-0.4, -0.2) is 64.4 Å². The molecule has 196 valence electrons. The summed E-state index contributed by atoms with van der Waals surface area (Å²) >= 11 is 0. The molecule has 2 N–H and O–H groups in total. The molecule has 0 amide bonds. The van der Waals surface area contributed by atoms with Gasteiger partial charge < -0.3 is 23.9 Å². The fourth-order valence-electron chi connectivity index (χ4n) is 5.85. The number of ether oxygens (including phenoxy) is 3. The van der Waals surface area contributed by atoms with Crippen LogP contribution in [0.5, 0.6) is 5.75 Å². The van der Waals surface area contributed by atoms with E-state index in [4.69, 9.17) is 19.2 Å². The van der Waals surface area contributed by atoms with Crippen molar-refractivity contribution in [1.82, 2.24) is 19.7 Å². The van der Waals surface area contributed by atoms with Crippen molar-refractivity contribution in [3.05, 3.63) is 47.5 Å². The van der Waals surface area contributed by atoms with E-state index in [0.717, 1.165) is 27.7 Å². The van der Waals surface area contributed by atoms with Crippen molar-refractivity contribution in [2.75, 3.05) is 27.9 Å². The van der Waals surface area contributed by atoms with Gasteiger partial charge in [0, 0.05) is 48.0 Å². The summed E-state index contributed by atoms with van der Waals surface area (Å²) in [4.78, 5) is 17.2. The SMILES string of the molecule is COCC(C)(C)c1c(C2CC[C@@](OC)(C(=O)O)C2)c2nc3[nH]ncc3cc2n1-c1ccc(F)c(OC)c1. The van der Waals surface area contributed by atoms with Crippen molar-refractivity contribution < 1.29 is 28.5 Å². The van der Waals surface area contributed by atoms with E-state index in [1.54, 1.807) is 25.4 Å². The van der Waals surface area contributed by atoms with Crippen LogP contribution in [0, 0.1) is 5.82 Å². The molecule has 1 saturated carbocycles. The van der Waals surface area contributed by atoms with Crippen LogP contribution in [0.3, 0.4) is 0 Å². The monoisotopic (exact) mass is 510 g/mol. The summed E-state index contributed by atoms with van der Waals surface area (Å²) in [7, 11) is 4.54. The number of aromatic nitrogens is 4. The predicted molar refractivity (Wildman–Crippen MR) is 136 cm³/mol. The number of hydrogen-bond acceptors (Lipinski definition) is 6. The first-order valence-electron chi connectivity index (χ1n) is 12.2. The molecule has 0 aliphatic heterocycles. The second-order valence-corrected chi connectivity index (χ2v) is 10.3. The lowest BCUT2D eigenvalue weighted by atomic mass is 9.82. The predicted octanol–water partition coefficient (Wildman–Crippen LogP) is 4.71. The van der Waals surface area contributed by atoms with Gasteiger partial charge in [-0.2, -0.15) is 5.10 Å². The lowest BCUT2D eigenvalue weighted by Gasteiger charge is -2.30. The summed E-state index contributed by atoms with van der Waals surface area (Å²) < 4.78 is 33.0. The average Bonchev–Trinajstić information content (AvgIpc) is 3.58. The molecule has 5 rings (SSSR count). The minimum absolute atomic E-state index is 0.124. The molecular formula is C27H31FN4O5. The van der Waals surface area contributed by atoms with E-state index in [2.05, 4.69) is 28.6 Å². The Labute approximate surface area is 213 Å². The van der Waals surface area contributed by atoms with E-state index in [1.807, 2.05) is 6.07 Å². The molecule has 0 bridgehead atoms. The van der Waals surface area contributed by atoms with Crippen LogP contribution in [0.2, 0.25) is 0 Å². The Hall–Kier alpha value is -3.50. The fourth-order valence-corrected chi connectivity index (χ4v) is 5.85. The number of halogens is 1. The third kappa shape index (κ3) is 3.95. The van der Waals surface area contributed by atoms with E-state index in [1.165, 1.54) is 20.3 Å². The number of methoxy groups -OCH3 is 3. The molecule has 37 heavy (non-hydrogen) atoms. The van der Waals surface area contributed by atoms with Crippen LogP contribution < -0.4 is 4.74 Å². The van der Waals surface area contributed by atoms with Crippen molar-refractivity contribution in [2.45, 2.75) is 50.0 Å². The molecule has 3 aromatic heterocycles. The lowest BCUT2D eigenvalue weighted by molar-refractivity contribution is -0.161. The normalized spacial score (nSPS) is 20.2. The minimum Gasteiger partial charge on any atom is -0.494 e. The number of aliphatic carboxylic acids is 1. The lowest BCUT2D eigenvalue weighted by Crippen LogP contribution is -2.38. The maximum Gasteiger partial charge on any atom is 0.335 e. The summed E-state index contributed by atoms with van der Waals surface area (Å²) in [5, 5.41) is 17.9. The molecule has 0 spiro atoms. The third-order valence-corrected chi connectivity index (χ3v) is 7.58. The standard InChI is InChI=1S/C27H31FN4O5/c1-26(2,14-35-3)23-21(15-8-9-27(12-15,37-5)25(33)34)22-19(10-16-13-29-31-24(16)30-22)32(23)17-6-7-18(28)20(11-17)36-4/h6-7,10-11,13,15H,8-9,12,14H2,1-5H3,(H,33,34)(H,29,30,31)/t15?,27-/m0/s1. The highest BCUT2D eigenvalue weighted by Crippen LogP contribution is 2.50. The van der Waals surface area contributed by atoms with Gasteiger partial charge in [0.05, 0.1) is 30.9 Å². The number of carboxylic acids is 1. The number of carbonyl (C=O) groups is 1. The number of carboxylic acid groups (broad SMARTS) is 1. The zero-order chi connectivity index (χ0) is 26.5. The number of rotatable bonds is 8. The Balaban J connectivity index is 1.87. The number of fused-ring (bicyclic) bond motifs is 2. The number of pyridine rings is 1. The van der Waals surface area contributed by atoms with Crippen molar-refractivity contribution >= 4 is 28.0 Å². The van der Waals surface area contributed by atoms with Gasteiger partial charge in [0.15, 0.2) is 22.8 Å². The molecule has 4 aromatic rings. The number of nitrogens with zero attached hydrogens (tertiary/aromatic N) is 3. The van der Waals surface area contributed by atoms with Gasteiger partial charge in [0.2, 0.25) is 0 Å². The molecule has 10 heteroatoms. The summed E-state index contributed by atoms with van der Waals surface area (Å²) in [6.07, 6.45) is 3.02. The Bertz CT molecular complexity index is 1490. The van der Waals surface area contributed by atoms with Gasteiger partial charge in [-0.3, -0.25) is 5.10 Å². The Morgan fingerprint density at radius 2 is 2.08 bits per heavy atom. The van der Waals surface area contributed by atoms with E-state index in [9.17, 15) is 14.3 Å². The molecule has 3 heterocycles. The molecular weight excluding hydrogens is 479 g/mol. The highest BCUT2D eigenvalue weighted by atomic mass is 19.1. The molecule has 0 saturated heterocycles. The fraction of sp³-hybridized carbons (Fsp3) is 0.444. The zero-order valence-electron chi connectivity index (χ0n) is 21.6. The van der Waals surface area contributed by atoms with Gasteiger partial charge in [-0.25, -0.2) is 14.2 Å². The van der Waals surface area contributed by atoms with Crippen LogP contribution >= 0.6 is 0 Å². The highest BCUT2D eigenvalue weighted by molar-refractivity contribution is 5.94. The topological polar surface area (TPSA) is 111 Å². The van der Waals surface area contributed by atoms with Crippen molar-refractivity contribution in [3.63, 3.8) is 0 Å². The number of benzene rings is 1. The number of hydrogen-bond donors (Lipinski definition) is 2. The van der Waals surface area contributed by atoms with Crippen LogP contribution in [0.1, 0.15) is 50.3 Å².